The standard InChI is InChI=1S/C10H11N3O2/c1-6-4-8-9(13(2)12-11-8)5-7(6)10(14)15-3/h4-5H,1-3H3. The van der Waals surface area contributed by atoms with Crippen LogP contribution in [0.25, 0.3) is 11.0 Å². The van der Waals surface area contributed by atoms with Crippen molar-refractivity contribution < 1.29 is 9.53 Å². The lowest BCUT2D eigenvalue weighted by Crippen LogP contribution is -2.04. The molecule has 0 atom stereocenters. The van der Waals surface area contributed by atoms with Gasteiger partial charge in [-0.25, -0.2) is 9.48 Å². The molecule has 5 nitrogen and oxygen atoms in total. The minimum atomic E-state index is -0.337. The van der Waals surface area contributed by atoms with Gasteiger partial charge in [0.1, 0.15) is 5.52 Å². The number of methoxy groups -OCH3 is 1. The van der Waals surface area contributed by atoms with Gasteiger partial charge in [0.15, 0.2) is 0 Å². The molecule has 0 radical (unpaired) electrons. The third-order valence-corrected chi connectivity index (χ3v) is 2.36. The Morgan fingerprint density at radius 1 is 1.47 bits per heavy atom. The number of aromatic nitrogens is 3. The second kappa shape index (κ2) is 3.34. The van der Waals surface area contributed by atoms with Gasteiger partial charge >= 0.3 is 5.97 Å². The van der Waals surface area contributed by atoms with Crippen molar-refractivity contribution in [3.63, 3.8) is 0 Å². The molecule has 0 amide bonds. The Labute approximate surface area is 86.6 Å². The van der Waals surface area contributed by atoms with Gasteiger partial charge < -0.3 is 4.74 Å². The number of rotatable bonds is 1. The molecule has 1 aromatic carbocycles. The van der Waals surface area contributed by atoms with Gasteiger partial charge in [-0.05, 0) is 24.6 Å². The van der Waals surface area contributed by atoms with Crippen molar-refractivity contribution in [1.29, 1.82) is 0 Å². The second-order valence-electron chi connectivity index (χ2n) is 3.36. The molecule has 0 saturated carbocycles. The van der Waals surface area contributed by atoms with Gasteiger partial charge in [0, 0.05) is 7.05 Å². The van der Waals surface area contributed by atoms with Crippen LogP contribution in [0.3, 0.4) is 0 Å². The van der Waals surface area contributed by atoms with Crippen LogP contribution in [0.5, 0.6) is 0 Å². The van der Waals surface area contributed by atoms with Crippen LogP contribution in [0.2, 0.25) is 0 Å². The zero-order chi connectivity index (χ0) is 11.0. The van der Waals surface area contributed by atoms with Crippen LogP contribution < -0.4 is 0 Å². The molecule has 0 fully saturated rings. The topological polar surface area (TPSA) is 57.0 Å². The van der Waals surface area contributed by atoms with Gasteiger partial charge in [-0.2, -0.15) is 0 Å². The maximum Gasteiger partial charge on any atom is 0.338 e. The quantitative estimate of drug-likeness (QED) is 0.653. The lowest BCUT2D eigenvalue weighted by atomic mass is 10.1. The number of carbonyl (C=O) groups excluding carboxylic acids is 1. The molecule has 0 unspecified atom stereocenters. The molecule has 0 saturated heterocycles. The molecule has 0 spiro atoms. The van der Waals surface area contributed by atoms with Crippen LogP contribution in [0.1, 0.15) is 15.9 Å². The van der Waals surface area contributed by atoms with Crippen LogP contribution in [0, 0.1) is 6.92 Å². The van der Waals surface area contributed by atoms with E-state index in [2.05, 4.69) is 10.3 Å². The predicted molar refractivity (Wildman–Crippen MR) is 54.6 cm³/mol. The highest BCUT2D eigenvalue weighted by Gasteiger charge is 2.12. The third kappa shape index (κ3) is 1.45. The molecule has 2 aromatic rings. The van der Waals surface area contributed by atoms with Gasteiger partial charge in [-0.3, -0.25) is 0 Å². The Kier molecular flexibility index (Phi) is 2.15. The van der Waals surface area contributed by atoms with Crippen LogP contribution >= 0.6 is 0 Å². The first-order valence-corrected chi connectivity index (χ1v) is 4.52. The summed E-state index contributed by atoms with van der Waals surface area (Å²) in [5.41, 5.74) is 2.99. The van der Waals surface area contributed by atoms with Crippen molar-refractivity contribution in [3.8, 4) is 0 Å². The van der Waals surface area contributed by atoms with Gasteiger partial charge in [-0.1, -0.05) is 5.21 Å². The summed E-state index contributed by atoms with van der Waals surface area (Å²) in [6.45, 7) is 1.85. The fraction of sp³-hybridized carbons (Fsp3) is 0.300. The molecule has 0 N–H and O–H groups in total. The summed E-state index contributed by atoms with van der Waals surface area (Å²) in [5, 5.41) is 7.84. The van der Waals surface area contributed by atoms with Gasteiger partial charge in [0.25, 0.3) is 0 Å². The smallest absolute Gasteiger partial charge is 0.338 e. The van der Waals surface area contributed by atoms with Crippen molar-refractivity contribution in [1.82, 2.24) is 15.0 Å². The van der Waals surface area contributed by atoms with Crippen LogP contribution in [-0.4, -0.2) is 28.1 Å². The second-order valence-corrected chi connectivity index (χ2v) is 3.36. The summed E-state index contributed by atoms with van der Waals surface area (Å²) in [6.07, 6.45) is 0. The summed E-state index contributed by atoms with van der Waals surface area (Å²) in [6, 6.07) is 3.57. The molecule has 78 valence electrons. The summed E-state index contributed by atoms with van der Waals surface area (Å²) in [5.74, 6) is -0.337. The highest BCUT2D eigenvalue weighted by molar-refractivity contribution is 5.95. The maximum absolute atomic E-state index is 11.4. The van der Waals surface area contributed by atoms with E-state index in [0.29, 0.717) is 5.56 Å². The van der Waals surface area contributed by atoms with E-state index in [-0.39, 0.29) is 5.97 Å². The van der Waals surface area contributed by atoms with Crippen molar-refractivity contribution in [3.05, 3.63) is 23.3 Å². The predicted octanol–water partition coefficient (Wildman–Crippen LogP) is 1.06. The molecule has 15 heavy (non-hydrogen) atoms. The number of aryl methyl sites for hydroxylation is 2. The fourth-order valence-corrected chi connectivity index (χ4v) is 1.51. The lowest BCUT2D eigenvalue weighted by Gasteiger charge is -2.03. The van der Waals surface area contributed by atoms with Crippen LogP contribution in [-0.2, 0) is 11.8 Å². The number of carbonyl (C=O) groups is 1. The highest BCUT2D eigenvalue weighted by Crippen LogP contribution is 2.17. The van der Waals surface area contributed by atoms with Crippen molar-refractivity contribution in [2.24, 2.45) is 7.05 Å². The van der Waals surface area contributed by atoms with Gasteiger partial charge in [0.2, 0.25) is 0 Å². The Bertz CT molecular complexity index is 531. The highest BCUT2D eigenvalue weighted by atomic mass is 16.5. The number of hydrogen-bond acceptors (Lipinski definition) is 4. The number of nitrogens with zero attached hydrogens (tertiary/aromatic N) is 3. The molecule has 0 bridgehead atoms. The van der Waals surface area contributed by atoms with E-state index in [1.807, 2.05) is 13.0 Å². The molecular weight excluding hydrogens is 194 g/mol. The lowest BCUT2D eigenvalue weighted by molar-refractivity contribution is 0.0600. The normalized spacial score (nSPS) is 10.6. The largest absolute Gasteiger partial charge is 0.465 e. The summed E-state index contributed by atoms with van der Waals surface area (Å²) >= 11 is 0. The number of esters is 1. The van der Waals surface area contributed by atoms with E-state index in [1.54, 1.807) is 17.8 Å². The van der Waals surface area contributed by atoms with Crippen molar-refractivity contribution in [2.75, 3.05) is 7.11 Å². The Morgan fingerprint density at radius 3 is 2.87 bits per heavy atom. The van der Waals surface area contributed by atoms with E-state index in [1.165, 1.54) is 7.11 Å². The average molecular weight is 205 g/mol. The number of ether oxygens (including phenoxy) is 1. The first-order chi connectivity index (χ1) is 7.13. The Morgan fingerprint density at radius 2 is 2.20 bits per heavy atom. The van der Waals surface area contributed by atoms with E-state index < -0.39 is 0 Å². The number of fused-ring (bicyclic) bond motifs is 1. The maximum atomic E-state index is 11.4. The summed E-state index contributed by atoms with van der Waals surface area (Å²) in [4.78, 5) is 11.4. The number of hydrogen-bond donors (Lipinski definition) is 0. The van der Waals surface area contributed by atoms with E-state index in [9.17, 15) is 4.79 Å². The minimum absolute atomic E-state index is 0.337. The molecule has 5 heteroatoms. The molecule has 0 aliphatic rings. The monoisotopic (exact) mass is 205 g/mol. The first-order valence-electron chi connectivity index (χ1n) is 4.52. The molecule has 0 aliphatic carbocycles. The van der Waals surface area contributed by atoms with Crippen molar-refractivity contribution >= 4 is 17.0 Å². The first kappa shape index (κ1) is 9.64. The van der Waals surface area contributed by atoms with Gasteiger partial charge in [0.05, 0.1) is 18.2 Å². The SMILES string of the molecule is COC(=O)c1cc2c(cc1C)nnn2C. The molecule has 0 aliphatic heterocycles. The van der Waals surface area contributed by atoms with E-state index >= 15 is 0 Å². The van der Waals surface area contributed by atoms with Crippen LogP contribution in [0.4, 0.5) is 0 Å². The van der Waals surface area contributed by atoms with Gasteiger partial charge in [-0.15, -0.1) is 5.10 Å². The average Bonchev–Trinajstić information content (AvgIpc) is 2.58. The molecule has 1 aromatic heterocycles. The zero-order valence-corrected chi connectivity index (χ0v) is 8.81. The Hall–Kier alpha value is -1.91. The van der Waals surface area contributed by atoms with Crippen molar-refractivity contribution in [2.45, 2.75) is 6.92 Å². The molecular formula is C10H11N3O2. The molecule has 1 heterocycles. The zero-order valence-electron chi connectivity index (χ0n) is 8.81. The third-order valence-electron chi connectivity index (χ3n) is 2.36. The van der Waals surface area contributed by atoms with E-state index in [0.717, 1.165) is 16.6 Å². The molecule has 2 rings (SSSR count). The van der Waals surface area contributed by atoms with E-state index in [4.69, 9.17) is 4.74 Å². The summed E-state index contributed by atoms with van der Waals surface area (Å²) in [7, 11) is 3.15. The van der Waals surface area contributed by atoms with Crippen LogP contribution in [0.15, 0.2) is 12.1 Å². The minimum Gasteiger partial charge on any atom is -0.465 e. The summed E-state index contributed by atoms with van der Waals surface area (Å²) < 4.78 is 6.32. The Balaban J connectivity index is 2.70. The number of benzene rings is 1. The fourth-order valence-electron chi connectivity index (χ4n) is 1.51.